The van der Waals surface area contributed by atoms with E-state index in [1.54, 1.807) is 13.8 Å². The average Bonchev–Trinajstić information content (AvgIpc) is 2.27. The summed E-state index contributed by atoms with van der Waals surface area (Å²) in [5.41, 5.74) is -0.791. The summed E-state index contributed by atoms with van der Waals surface area (Å²) in [4.78, 5) is 12.1. The second kappa shape index (κ2) is 4.09. The summed E-state index contributed by atoms with van der Waals surface area (Å²) in [5.74, 6) is 0.161. The smallest absolute Gasteiger partial charge is 0.169 e. The van der Waals surface area contributed by atoms with Crippen molar-refractivity contribution in [1.29, 1.82) is 0 Å². The van der Waals surface area contributed by atoms with Crippen LogP contribution in [0.25, 0.3) is 0 Å². The highest BCUT2D eigenvalue weighted by Crippen LogP contribution is 2.46. The van der Waals surface area contributed by atoms with Gasteiger partial charge in [-0.25, -0.2) is 0 Å². The monoisotopic (exact) mass is 228 g/mol. The molecule has 16 heavy (non-hydrogen) atoms. The number of Topliss-reactive ketones (excluding diaryl/α,β-unsaturated/α-hetero) is 1. The Kier molecular flexibility index (Phi) is 3.07. The first-order valence-corrected chi connectivity index (χ1v) is 6.01. The van der Waals surface area contributed by atoms with E-state index < -0.39 is 17.6 Å². The van der Waals surface area contributed by atoms with Crippen molar-refractivity contribution in [2.24, 2.45) is 11.3 Å². The Morgan fingerprint density at radius 3 is 2.81 bits per heavy atom. The van der Waals surface area contributed by atoms with Gasteiger partial charge in [-0.05, 0) is 12.8 Å². The summed E-state index contributed by atoms with van der Waals surface area (Å²) >= 11 is 0. The van der Waals surface area contributed by atoms with E-state index in [4.69, 9.17) is 4.74 Å². The molecule has 0 aromatic carbocycles. The van der Waals surface area contributed by atoms with Crippen LogP contribution in [0.15, 0.2) is 0 Å². The Morgan fingerprint density at radius 2 is 2.31 bits per heavy atom. The summed E-state index contributed by atoms with van der Waals surface area (Å²) in [6.07, 6.45) is 0.0404. The van der Waals surface area contributed by atoms with Gasteiger partial charge in [-0.15, -0.1) is 0 Å². The van der Waals surface area contributed by atoms with E-state index in [9.17, 15) is 15.0 Å². The van der Waals surface area contributed by atoms with Gasteiger partial charge in [0, 0.05) is 12.3 Å². The van der Waals surface area contributed by atoms with Crippen LogP contribution in [0.2, 0.25) is 0 Å². The molecule has 5 atom stereocenters. The molecule has 0 aromatic rings. The predicted octanol–water partition coefficient (Wildman–Crippen LogP) is 0.502. The molecule has 1 saturated carbocycles. The molecule has 1 aliphatic heterocycles. The van der Waals surface area contributed by atoms with Gasteiger partial charge in [0.15, 0.2) is 5.78 Å². The number of hydrogen-bond acceptors (Lipinski definition) is 4. The minimum Gasteiger partial charge on any atom is -0.392 e. The third-order valence-electron chi connectivity index (χ3n) is 4.18. The standard InChI is InChI=1S/C12H20O4/c1-3-8(13)11(15)12(2)5-7-6-16-9(7)4-10(12)14/h7-10,13-14H,3-6H2,1-2H3/t7?,8-,9-,10+,12+/m1/s1. The van der Waals surface area contributed by atoms with E-state index in [-0.39, 0.29) is 11.9 Å². The van der Waals surface area contributed by atoms with Crippen LogP contribution in [-0.4, -0.2) is 40.9 Å². The van der Waals surface area contributed by atoms with Crippen LogP contribution in [0.5, 0.6) is 0 Å². The largest absolute Gasteiger partial charge is 0.392 e. The Bertz CT molecular complexity index is 291. The average molecular weight is 228 g/mol. The molecule has 92 valence electrons. The Balaban J connectivity index is 2.13. The SMILES string of the molecule is CC[C@@H](O)C(=O)[C@@]1(C)CC2CO[C@@H]2C[C@@H]1O. The van der Waals surface area contributed by atoms with E-state index >= 15 is 0 Å². The predicted molar refractivity (Wildman–Crippen MR) is 57.9 cm³/mol. The lowest BCUT2D eigenvalue weighted by Gasteiger charge is -2.50. The van der Waals surface area contributed by atoms with Crippen LogP contribution in [0.4, 0.5) is 0 Å². The quantitative estimate of drug-likeness (QED) is 0.738. The van der Waals surface area contributed by atoms with Gasteiger partial charge in [0.1, 0.15) is 6.10 Å². The van der Waals surface area contributed by atoms with Gasteiger partial charge in [0.2, 0.25) is 0 Å². The molecule has 0 bridgehead atoms. The number of rotatable bonds is 3. The zero-order valence-electron chi connectivity index (χ0n) is 9.85. The Hall–Kier alpha value is -0.450. The van der Waals surface area contributed by atoms with Gasteiger partial charge in [0.25, 0.3) is 0 Å². The first-order chi connectivity index (χ1) is 7.49. The van der Waals surface area contributed by atoms with Crippen molar-refractivity contribution in [1.82, 2.24) is 0 Å². The van der Waals surface area contributed by atoms with Crippen molar-refractivity contribution in [2.75, 3.05) is 6.61 Å². The summed E-state index contributed by atoms with van der Waals surface area (Å²) in [6.45, 7) is 4.23. The lowest BCUT2D eigenvalue weighted by molar-refractivity contribution is -0.196. The van der Waals surface area contributed by atoms with Gasteiger partial charge in [0.05, 0.1) is 24.2 Å². The minimum absolute atomic E-state index is 0.120. The van der Waals surface area contributed by atoms with Gasteiger partial charge < -0.3 is 14.9 Å². The van der Waals surface area contributed by atoms with Gasteiger partial charge in [-0.1, -0.05) is 13.8 Å². The summed E-state index contributed by atoms with van der Waals surface area (Å²) in [5, 5.41) is 19.7. The van der Waals surface area contributed by atoms with Crippen LogP contribution in [0.3, 0.4) is 0 Å². The molecule has 1 heterocycles. The Labute approximate surface area is 95.6 Å². The number of fused-ring (bicyclic) bond motifs is 1. The van der Waals surface area contributed by atoms with Gasteiger partial charge in [-0.3, -0.25) is 4.79 Å². The van der Waals surface area contributed by atoms with E-state index in [1.807, 2.05) is 0 Å². The fourth-order valence-electron chi connectivity index (χ4n) is 2.81. The van der Waals surface area contributed by atoms with Crippen LogP contribution in [-0.2, 0) is 9.53 Å². The molecule has 2 rings (SSSR count). The molecule has 1 saturated heterocycles. The van der Waals surface area contributed by atoms with Gasteiger partial charge >= 0.3 is 0 Å². The number of aliphatic hydroxyl groups excluding tert-OH is 2. The third-order valence-corrected chi connectivity index (χ3v) is 4.18. The molecule has 1 aliphatic carbocycles. The van der Waals surface area contributed by atoms with Crippen molar-refractivity contribution < 1.29 is 19.7 Å². The molecule has 2 N–H and O–H groups in total. The van der Waals surface area contributed by atoms with Crippen molar-refractivity contribution in [2.45, 2.75) is 51.4 Å². The van der Waals surface area contributed by atoms with Crippen LogP contribution >= 0.6 is 0 Å². The normalized spacial score (nSPS) is 44.4. The number of ketones is 1. The van der Waals surface area contributed by atoms with Crippen molar-refractivity contribution in [3.05, 3.63) is 0 Å². The molecular formula is C12H20O4. The van der Waals surface area contributed by atoms with Crippen LogP contribution < -0.4 is 0 Å². The summed E-state index contributed by atoms with van der Waals surface area (Å²) < 4.78 is 5.33. The van der Waals surface area contributed by atoms with E-state index in [2.05, 4.69) is 0 Å². The highest BCUT2D eigenvalue weighted by molar-refractivity contribution is 5.89. The number of hydrogen-bond donors (Lipinski definition) is 2. The third kappa shape index (κ3) is 1.69. The second-order valence-electron chi connectivity index (χ2n) is 5.29. The fraction of sp³-hybridized carbons (Fsp3) is 0.917. The molecule has 1 unspecified atom stereocenters. The Morgan fingerprint density at radius 1 is 1.62 bits per heavy atom. The second-order valence-corrected chi connectivity index (χ2v) is 5.29. The maximum atomic E-state index is 12.1. The molecule has 2 aliphatic rings. The summed E-state index contributed by atoms with van der Waals surface area (Å²) in [7, 11) is 0. The number of carbonyl (C=O) groups is 1. The molecule has 0 spiro atoms. The lowest BCUT2D eigenvalue weighted by atomic mass is 9.63. The van der Waals surface area contributed by atoms with E-state index in [1.165, 1.54) is 0 Å². The maximum absolute atomic E-state index is 12.1. The van der Waals surface area contributed by atoms with Gasteiger partial charge in [-0.2, -0.15) is 0 Å². The van der Waals surface area contributed by atoms with Crippen molar-refractivity contribution in [3.8, 4) is 0 Å². The summed E-state index contributed by atoms with van der Waals surface area (Å²) in [6, 6.07) is 0. The highest BCUT2D eigenvalue weighted by Gasteiger charge is 2.53. The first-order valence-electron chi connectivity index (χ1n) is 6.01. The molecule has 2 fully saturated rings. The number of aliphatic hydroxyl groups is 2. The molecule has 0 radical (unpaired) electrons. The van der Waals surface area contributed by atoms with Crippen LogP contribution in [0, 0.1) is 11.3 Å². The van der Waals surface area contributed by atoms with E-state index in [0.717, 1.165) is 0 Å². The molecule has 4 nitrogen and oxygen atoms in total. The number of ether oxygens (including phenoxy) is 1. The lowest BCUT2D eigenvalue weighted by Crippen LogP contribution is -2.57. The van der Waals surface area contributed by atoms with E-state index in [0.29, 0.717) is 31.8 Å². The zero-order chi connectivity index (χ0) is 11.9. The van der Waals surface area contributed by atoms with Crippen molar-refractivity contribution >= 4 is 5.78 Å². The first kappa shape index (κ1) is 12.0. The van der Waals surface area contributed by atoms with Crippen LogP contribution in [0.1, 0.15) is 33.1 Å². The number of carbonyl (C=O) groups excluding carboxylic acids is 1. The maximum Gasteiger partial charge on any atom is 0.169 e. The molecule has 4 heteroatoms. The highest BCUT2D eigenvalue weighted by atomic mass is 16.5. The fourth-order valence-corrected chi connectivity index (χ4v) is 2.81. The molecular weight excluding hydrogens is 208 g/mol. The molecule has 0 amide bonds. The minimum atomic E-state index is -0.947. The topological polar surface area (TPSA) is 66.8 Å². The van der Waals surface area contributed by atoms with Crippen molar-refractivity contribution in [3.63, 3.8) is 0 Å². The zero-order valence-corrected chi connectivity index (χ0v) is 9.85. The molecule has 0 aromatic heterocycles.